The van der Waals surface area contributed by atoms with E-state index in [-0.39, 0.29) is 0 Å². The minimum atomic E-state index is -0.503. The highest BCUT2D eigenvalue weighted by molar-refractivity contribution is 5.88. The molecule has 0 aliphatic rings. The molecule has 0 aromatic heterocycles. The van der Waals surface area contributed by atoms with Crippen molar-refractivity contribution in [2.24, 2.45) is 0 Å². The summed E-state index contributed by atoms with van der Waals surface area (Å²) in [4.78, 5) is 11.9. The number of hydrogen-bond donors (Lipinski definition) is 1. The first-order valence-corrected chi connectivity index (χ1v) is 7.84. The van der Waals surface area contributed by atoms with E-state index in [0.717, 1.165) is 17.7 Å². The van der Waals surface area contributed by atoms with Crippen molar-refractivity contribution in [1.82, 2.24) is 0 Å². The van der Waals surface area contributed by atoms with Crippen LogP contribution < -0.4 is 5.32 Å². The molecular formula is C19H27NO2. The SMILES string of the molecule is CCCC/C=C/C=C/c1ccccc1NC(=O)OC(C)(C)C. The third-order valence-corrected chi connectivity index (χ3v) is 2.84. The van der Waals surface area contributed by atoms with Gasteiger partial charge in [0.15, 0.2) is 0 Å². The number of unbranched alkanes of at least 4 members (excludes halogenated alkanes) is 2. The molecule has 0 atom stereocenters. The highest BCUT2D eigenvalue weighted by Crippen LogP contribution is 2.18. The first-order chi connectivity index (χ1) is 10.4. The van der Waals surface area contributed by atoms with Gasteiger partial charge in [0.1, 0.15) is 5.60 Å². The zero-order valence-corrected chi connectivity index (χ0v) is 14.1. The zero-order chi connectivity index (χ0) is 16.4. The summed E-state index contributed by atoms with van der Waals surface area (Å²) in [5.41, 5.74) is 1.19. The van der Waals surface area contributed by atoms with Gasteiger partial charge in [-0.2, -0.15) is 0 Å². The molecule has 0 heterocycles. The van der Waals surface area contributed by atoms with Crippen molar-refractivity contribution in [1.29, 1.82) is 0 Å². The largest absolute Gasteiger partial charge is 0.444 e. The van der Waals surface area contributed by atoms with Gasteiger partial charge >= 0.3 is 6.09 Å². The quantitative estimate of drug-likeness (QED) is 0.533. The number of carbonyl (C=O) groups excluding carboxylic acids is 1. The summed E-state index contributed by atoms with van der Waals surface area (Å²) >= 11 is 0. The number of anilines is 1. The first-order valence-electron chi connectivity index (χ1n) is 7.84. The molecule has 0 bridgehead atoms. The van der Waals surface area contributed by atoms with Crippen molar-refractivity contribution in [3.63, 3.8) is 0 Å². The summed E-state index contributed by atoms with van der Waals surface area (Å²) in [5.74, 6) is 0. The summed E-state index contributed by atoms with van der Waals surface area (Å²) in [6.45, 7) is 7.72. The fourth-order valence-electron chi connectivity index (χ4n) is 1.83. The number of allylic oxidation sites excluding steroid dienone is 3. The third kappa shape index (κ3) is 7.67. The van der Waals surface area contributed by atoms with Crippen molar-refractivity contribution in [3.05, 3.63) is 48.1 Å². The number of rotatable bonds is 6. The molecule has 0 radical (unpaired) electrons. The molecule has 3 heteroatoms. The lowest BCUT2D eigenvalue weighted by atomic mass is 10.1. The molecule has 120 valence electrons. The molecule has 0 aliphatic heterocycles. The van der Waals surface area contributed by atoms with Gasteiger partial charge < -0.3 is 4.74 Å². The second-order valence-electron chi connectivity index (χ2n) is 6.14. The summed E-state index contributed by atoms with van der Waals surface area (Å²) in [6.07, 6.45) is 11.2. The highest BCUT2D eigenvalue weighted by Gasteiger charge is 2.16. The van der Waals surface area contributed by atoms with Crippen LogP contribution in [-0.4, -0.2) is 11.7 Å². The molecule has 0 unspecified atom stereocenters. The van der Waals surface area contributed by atoms with E-state index in [0.29, 0.717) is 0 Å². The fourth-order valence-corrected chi connectivity index (χ4v) is 1.83. The molecule has 22 heavy (non-hydrogen) atoms. The Morgan fingerprint density at radius 1 is 1.23 bits per heavy atom. The van der Waals surface area contributed by atoms with Gasteiger partial charge in [0.25, 0.3) is 0 Å². The lowest BCUT2D eigenvalue weighted by Crippen LogP contribution is -2.27. The molecule has 0 spiro atoms. The molecule has 1 aromatic carbocycles. The normalized spacial score (nSPS) is 12.0. The van der Waals surface area contributed by atoms with Gasteiger partial charge in [0.2, 0.25) is 0 Å². The van der Waals surface area contributed by atoms with E-state index in [9.17, 15) is 4.79 Å². The molecule has 0 fully saturated rings. The zero-order valence-electron chi connectivity index (χ0n) is 14.1. The van der Waals surface area contributed by atoms with Crippen LogP contribution in [0.5, 0.6) is 0 Å². The van der Waals surface area contributed by atoms with Crippen molar-refractivity contribution < 1.29 is 9.53 Å². The van der Waals surface area contributed by atoms with Crippen LogP contribution in [-0.2, 0) is 4.74 Å². The number of para-hydroxylation sites is 1. The van der Waals surface area contributed by atoms with Crippen molar-refractivity contribution in [2.45, 2.75) is 52.6 Å². The molecule has 0 saturated carbocycles. The Hall–Kier alpha value is -2.03. The Morgan fingerprint density at radius 3 is 2.64 bits per heavy atom. The molecule has 3 nitrogen and oxygen atoms in total. The predicted octanol–water partition coefficient (Wildman–Crippen LogP) is 5.79. The maximum Gasteiger partial charge on any atom is 0.412 e. The number of ether oxygens (including phenoxy) is 1. The van der Waals surface area contributed by atoms with Crippen LogP contribution in [0.25, 0.3) is 6.08 Å². The van der Waals surface area contributed by atoms with Gasteiger partial charge in [-0.3, -0.25) is 5.32 Å². The Morgan fingerprint density at radius 2 is 1.95 bits per heavy atom. The van der Waals surface area contributed by atoms with Crippen LogP contribution in [0, 0.1) is 0 Å². The van der Waals surface area contributed by atoms with Crippen LogP contribution in [0.15, 0.2) is 42.5 Å². The van der Waals surface area contributed by atoms with E-state index in [1.165, 1.54) is 12.8 Å². The summed E-state index contributed by atoms with van der Waals surface area (Å²) in [5, 5.41) is 2.79. The number of amides is 1. The van der Waals surface area contributed by atoms with E-state index in [1.807, 2.05) is 63.3 Å². The van der Waals surface area contributed by atoms with Gasteiger partial charge in [0, 0.05) is 0 Å². The standard InChI is InChI=1S/C19H27NO2/c1-5-6-7-8-9-10-13-16-14-11-12-15-17(16)20-18(21)22-19(2,3)4/h8-15H,5-7H2,1-4H3,(H,20,21)/b9-8+,13-10+. The highest BCUT2D eigenvalue weighted by atomic mass is 16.6. The van der Waals surface area contributed by atoms with E-state index < -0.39 is 11.7 Å². The molecule has 1 aromatic rings. The Kier molecular flexibility index (Phi) is 7.44. The number of carbonyl (C=O) groups is 1. The Bertz CT molecular complexity index is 524. The van der Waals surface area contributed by atoms with Gasteiger partial charge in [0.05, 0.1) is 5.69 Å². The average molecular weight is 301 g/mol. The molecule has 1 rings (SSSR count). The molecule has 0 saturated heterocycles. The summed E-state index contributed by atoms with van der Waals surface area (Å²) in [7, 11) is 0. The Labute approximate surface area is 134 Å². The van der Waals surface area contributed by atoms with Gasteiger partial charge in [-0.05, 0) is 38.8 Å². The lowest BCUT2D eigenvalue weighted by Gasteiger charge is -2.20. The Balaban J connectivity index is 2.67. The van der Waals surface area contributed by atoms with E-state index >= 15 is 0 Å². The predicted molar refractivity (Wildman–Crippen MR) is 94.0 cm³/mol. The van der Waals surface area contributed by atoms with Gasteiger partial charge in [-0.25, -0.2) is 4.79 Å². The fraction of sp³-hybridized carbons (Fsp3) is 0.421. The van der Waals surface area contributed by atoms with Crippen molar-refractivity contribution in [2.75, 3.05) is 5.32 Å². The molecule has 1 amide bonds. The third-order valence-electron chi connectivity index (χ3n) is 2.84. The molecule has 1 N–H and O–H groups in total. The molecular weight excluding hydrogens is 274 g/mol. The summed E-state index contributed by atoms with van der Waals surface area (Å²) in [6, 6.07) is 7.66. The smallest absolute Gasteiger partial charge is 0.412 e. The maximum atomic E-state index is 11.9. The van der Waals surface area contributed by atoms with Crippen molar-refractivity contribution >= 4 is 17.9 Å². The van der Waals surface area contributed by atoms with E-state index in [4.69, 9.17) is 4.74 Å². The monoisotopic (exact) mass is 301 g/mol. The second-order valence-corrected chi connectivity index (χ2v) is 6.14. The summed E-state index contributed by atoms with van der Waals surface area (Å²) < 4.78 is 5.28. The number of nitrogens with one attached hydrogen (secondary N) is 1. The van der Waals surface area contributed by atoms with Crippen LogP contribution in [0.2, 0.25) is 0 Å². The first kappa shape index (κ1) is 18.0. The topological polar surface area (TPSA) is 38.3 Å². The minimum absolute atomic E-state index is 0.438. The van der Waals surface area contributed by atoms with Gasteiger partial charge in [-0.1, -0.05) is 62.3 Å². The van der Waals surface area contributed by atoms with Crippen LogP contribution >= 0.6 is 0 Å². The van der Waals surface area contributed by atoms with Crippen molar-refractivity contribution in [3.8, 4) is 0 Å². The van der Waals surface area contributed by atoms with Gasteiger partial charge in [-0.15, -0.1) is 0 Å². The van der Waals surface area contributed by atoms with Crippen LogP contribution in [0.1, 0.15) is 52.5 Å². The number of hydrogen-bond acceptors (Lipinski definition) is 2. The maximum absolute atomic E-state index is 11.9. The molecule has 0 aliphatic carbocycles. The average Bonchev–Trinajstić information content (AvgIpc) is 2.42. The van der Waals surface area contributed by atoms with Crippen LogP contribution in [0.4, 0.5) is 10.5 Å². The number of benzene rings is 1. The lowest BCUT2D eigenvalue weighted by molar-refractivity contribution is 0.0636. The van der Waals surface area contributed by atoms with E-state index in [2.05, 4.69) is 18.3 Å². The van der Waals surface area contributed by atoms with Crippen LogP contribution in [0.3, 0.4) is 0 Å². The second kappa shape index (κ2) is 9.08. The minimum Gasteiger partial charge on any atom is -0.444 e. The van der Waals surface area contributed by atoms with E-state index in [1.54, 1.807) is 0 Å².